The summed E-state index contributed by atoms with van der Waals surface area (Å²) in [5.74, 6) is 0.155. The molecule has 5 aliphatic carbocycles. The van der Waals surface area contributed by atoms with E-state index in [1.165, 1.54) is 0 Å². The first kappa shape index (κ1) is 21.9. The summed E-state index contributed by atoms with van der Waals surface area (Å²) in [7, 11) is 6.95. The molecule has 14 atom stereocenters. The van der Waals surface area contributed by atoms with E-state index in [4.69, 9.17) is 23.7 Å². The van der Waals surface area contributed by atoms with Gasteiger partial charge in [-0.05, 0) is 31.7 Å². The lowest BCUT2D eigenvalue weighted by Gasteiger charge is -2.76. The number of likely N-dealkylation sites (N-methyl/N-ethyl adjacent to an activating group) is 1. The molecule has 0 radical (unpaired) electrons. The molecule has 0 aromatic carbocycles. The van der Waals surface area contributed by atoms with Gasteiger partial charge in [0.25, 0.3) is 0 Å². The lowest BCUT2D eigenvalue weighted by molar-refractivity contribution is -0.411. The molecule has 2 N–H and O–H groups in total. The van der Waals surface area contributed by atoms with Crippen molar-refractivity contribution in [3.05, 3.63) is 0 Å². The van der Waals surface area contributed by atoms with Gasteiger partial charge in [0.1, 0.15) is 17.4 Å². The van der Waals surface area contributed by atoms with Crippen molar-refractivity contribution in [1.82, 2.24) is 4.90 Å². The summed E-state index contributed by atoms with van der Waals surface area (Å²) >= 11 is 0. The zero-order valence-electron chi connectivity index (χ0n) is 20.4. The van der Waals surface area contributed by atoms with Gasteiger partial charge in [-0.15, -0.1) is 0 Å². The van der Waals surface area contributed by atoms with Crippen molar-refractivity contribution in [2.24, 2.45) is 34.5 Å². The number of hydrogen-bond acceptors (Lipinski definition) is 8. The molecule has 4 aliphatic heterocycles. The Morgan fingerprint density at radius 2 is 1.94 bits per heavy atom. The summed E-state index contributed by atoms with van der Waals surface area (Å²) in [6, 6.07) is -0.137. The fourth-order valence-electron chi connectivity index (χ4n) is 11.6. The van der Waals surface area contributed by atoms with Crippen LogP contribution in [-0.2, 0) is 23.7 Å². The van der Waals surface area contributed by atoms with Crippen LogP contribution in [0.4, 0.5) is 0 Å². The van der Waals surface area contributed by atoms with Gasteiger partial charge in [0.2, 0.25) is 0 Å². The Morgan fingerprint density at radius 1 is 1.15 bits per heavy atom. The molecule has 2 unspecified atom stereocenters. The number of aliphatic hydroxyl groups is 2. The van der Waals surface area contributed by atoms with Crippen LogP contribution in [-0.4, -0.2) is 105 Å². The standard InChI is InChI=1S/C25H39NO7/c1-6-26-20-24-13-9-12-14(30-3)10-23(32-5,16(13)17(12)27)25(20,28)19(31-4)18(24)22(11-29-2)8-7-15(24)33-21(22)26/h12-21,27-28H,6-11H2,1-5H3/t12-,13-,14+,15+,16-,17+,18-,19+,20?,21?,22+,23-,24+,25-/m1/s1. The number of rotatable bonds is 6. The average Bonchev–Trinajstić information content (AvgIpc) is 3.19. The van der Waals surface area contributed by atoms with Crippen LogP contribution in [0.5, 0.6) is 0 Å². The highest BCUT2D eigenvalue weighted by atomic mass is 16.6. The molecule has 1 spiro atoms. The molecule has 33 heavy (non-hydrogen) atoms. The van der Waals surface area contributed by atoms with Crippen LogP contribution in [0.15, 0.2) is 0 Å². The molecule has 9 aliphatic rings. The zero-order valence-corrected chi connectivity index (χ0v) is 20.4. The molecule has 9 bridgehead atoms. The maximum Gasteiger partial charge on any atom is 0.136 e. The number of aliphatic hydroxyl groups excluding tert-OH is 1. The second kappa shape index (κ2) is 6.51. The molecule has 186 valence electrons. The number of nitrogens with zero attached hydrogens (tertiary/aromatic N) is 1. The van der Waals surface area contributed by atoms with Gasteiger partial charge in [0.05, 0.1) is 37.1 Å². The topological polar surface area (TPSA) is 89.9 Å². The van der Waals surface area contributed by atoms with Crippen LogP contribution < -0.4 is 0 Å². The van der Waals surface area contributed by atoms with Gasteiger partial charge < -0.3 is 33.9 Å². The second-order valence-corrected chi connectivity index (χ2v) is 12.0. The van der Waals surface area contributed by atoms with Gasteiger partial charge in [0, 0.05) is 63.4 Å². The Bertz CT molecular complexity index is 855. The number of piperidine rings is 1. The van der Waals surface area contributed by atoms with Gasteiger partial charge in [-0.2, -0.15) is 0 Å². The number of ether oxygens (including phenoxy) is 5. The van der Waals surface area contributed by atoms with Crippen LogP contribution in [0.1, 0.15) is 32.6 Å². The van der Waals surface area contributed by atoms with Crippen LogP contribution in [0.3, 0.4) is 0 Å². The molecule has 0 aromatic rings. The third-order valence-electron chi connectivity index (χ3n) is 11.9. The average molecular weight is 466 g/mol. The maximum absolute atomic E-state index is 13.2. The molecule has 5 saturated carbocycles. The summed E-state index contributed by atoms with van der Waals surface area (Å²) < 4.78 is 31.6. The van der Waals surface area contributed by atoms with E-state index in [1.807, 2.05) is 0 Å². The van der Waals surface area contributed by atoms with Crippen LogP contribution in [0.2, 0.25) is 0 Å². The fraction of sp³-hybridized carbons (Fsp3) is 1.00. The minimum Gasteiger partial charge on any atom is -0.392 e. The van der Waals surface area contributed by atoms with Crippen molar-refractivity contribution < 1.29 is 33.9 Å². The van der Waals surface area contributed by atoms with Gasteiger partial charge in [-0.25, -0.2) is 0 Å². The number of methoxy groups -OCH3 is 4. The highest BCUT2D eigenvalue weighted by Crippen LogP contribution is 2.83. The monoisotopic (exact) mass is 465 g/mol. The molecule has 0 amide bonds. The van der Waals surface area contributed by atoms with E-state index in [1.54, 1.807) is 28.4 Å². The SMILES string of the molecule is CCN1C2O[C@H]3CC[C@]2(COC)[C@H]2[C@H](OC)[C@@]4(O)C1[C@@]32[C@@H]1C[C@H]2[C@H](O)[C@@H]1[C@]4(OC)C[C@@H]2OC. The highest BCUT2D eigenvalue weighted by Gasteiger charge is 2.94. The van der Waals surface area contributed by atoms with Crippen LogP contribution >= 0.6 is 0 Å². The van der Waals surface area contributed by atoms with E-state index in [-0.39, 0.29) is 59.0 Å². The molecule has 4 heterocycles. The Balaban J connectivity index is 1.56. The van der Waals surface area contributed by atoms with E-state index < -0.39 is 23.4 Å². The van der Waals surface area contributed by atoms with Crippen LogP contribution in [0.25, 0.3) is 0 Å². The van der Waals surface area contributed by atoms with Gasteiger partial charge in [-0.1, -0.05) is 6.92 Å². The van der Waals surface area contributed by atoms with Gasteiger partial charge in [0.15, 0.2) is 0 Å². The van der Waals surface area contributed by atoms with Crippen molar-refractivity contribution in [3.63, 3.8) is 0 Å². The van der Waals surface area contributed by atoms with Crippen molar-refractivity contribution in [3.8, 4) is 0 Å². The smallest absolute Gasteiger partial charge is 0.136 e. The van der Waals surface area contributed by atoms with Crippen molar-refractivity contribution >= 4 is 0 Å². The molecule has 9 fully saturated rings. The summed E-state index contributed by atoms with van der Waals surface area (Å²) in [5.41, 5.74) is -2.78. The predicted octanol–water partition coefficient (Wildman–Crippen LogP) is 0.635. The van der Waals surface area contributed by atoms with E-state index in [0.717, 1.165) is 25.8 Å². The fourth-order valence-corrected chi connectivity index (χ4v) is 11.6. The van der Waals surface area contributed by atoms with E-state index >= 15 is 0 Å². The Hall–Kier alpha value is -0.320. The number of fused-ring (bicyclic) bond motifs is 3. The Labute approximate surface area is 195 Å². The maximum atomic E-state index is 13.2. The van der Waals surface area contributed by atoms with Crippen molar-refractivity contribution in [1.29, 1.82) is 0 Å². The highest BCUT2D eigenvalue weighted by molar-refractivity contribution is 5.43. The van der Waals surface area contributed by atoms with Crippen LogP contribution in [0, 0.1) is 34.5 Å². The summed E-state index contributed by atoms with van der Waals surface area (Å²) in [5, 5.41) is 24.9. The minimum atomic E-state index is -1.29. The van der Waals surface area contributed by atoms with E-state index in [9.17, 15) is 10.2 Å². The molecule has 0 aromatic heterocycles. The lowest BCUT2D eigenvalue weighted by atomic mass is 9.41. The van der Waals surface area contributed by atoms with Crippen molar-refractivity contribution in [2.45, 2.75) is 80.5 Å². The molecule has 8 heteroatoms. The molecular weight excluding hydrogens is 426 g/mol. The predicted molar refractivity (Wildman–Crippen MR) is 116 cm³/mol. The Morgan fingerprint density at radius 3 is 2.58 bits per heavy atom. The largest absolute Gasteiger partial charge is 0.392 e. The first-order valence-electron chi connectivity index (χ1n) is 12.8. The summed E-state index contributed by atoms with van der Waals surface area (Å²) in [4.78, 5) is 2.42. The van der Waals surface area contributed by atoms with E-state index in [0.29, 0.717) is 13.0 Å². The third-order valence-corrected chi connectivity index (χ3v) is 11.9. The first-order chi connectivity index (χ1) is 15.9. The molecule has 9 rings (SSSR count). The normalized spacial score (nSPS) is 64.1. The lowest BCUT2D eigenvalue weighted by Crippen LogP contribution is -2.87. The van der Waals surface area contributed by atoms with Gasteiger partial charge in [-0.3, -0.25) is 4.90 Å². The third kappa shape index (κ3) is 1.85. The van der Waals surface area contributed by atoms with E-state index in [2.05, 4.69) is 11.8 Å². The molecule has 4 saturated heterocycles. The van der Waals surface area contributed by atoms with Crippen molar-refractivity contribution in [2.75, 3.05) is 41.6 Å². The Kier molecular flexibility index (Phi) is 4.32. The minimum absolute atomic E-state index is 0.0528. The second-order valence-electron chi connectivity index (χ2n) is 12.0. The zero-order chi connectivity index (χ0) is 23.1. The molecular formula is C25H39NO7. The summed E-state index contributed by atoms with van der Waals surface area (Å²) in [6.07, 6.45) is 2.23. The number of hydrogen-bond donors (Lipinski definition) is 2. The molecule has 8 nitrogen and oxygen atoms in total. The quantitative estimate of drug-likeness (QED) is 0.591. The van der Waals surface area contributed by atoms with Gasteiger partial charge >= 0.3 is 0 Å². The summed E-state index contributed by atoms with van der Waals surface area (Å²) in [6.45, 7) is 3.52. The first-order valence-corrected chi connectivity index (χ1v) is 12.8.